The zero-order valence-electron chi connectivity index (χ0n) is 17.4. The highest BCUT2D eigenvalue weighted by molar-refractivity contribution is 7.10. The average molecular weight is 412 g/mol. The molecule has 3 N–H and O–H groups in total. The van der Waals surface area contributed by atoms with E-state index in [0.717, 1.165) is 34.1 Å². The molecule has 2 aromatic heterocycles. The number of rotatable bonds is 7. The summed E-state index contributed by atoms with van der Waals surface area (Å²) in [5, 5.41) is 23.9. The summed E-state index contributed by atoms with van der Waals surface area (Å²) in [5.74, 6) is 0.674. The van der Waals surface area contributed by atoms with Gasteiger partial charge in [-0.3, -0.25) is 0 Å². The number of aryl methyl sites for hydroxylation is 2. The van der Waals surface area contributed by atoms with Crippen molar-refractivity contribution in [3.63, 3.8) is 0 Å². The molecule has 0 aliphatic rings. The maximum atomic E-state index is 10.8. The minimum absolute atomic E-state index is 0.373. The second-order valence-corrected chi connectivity index (χ2v) is 8.22. The van der Waals surface area contributed by atoms with Crippen LogP contribution in [0.1, 0.15) is 35.7 Å². The average Bonchev–Trinajstić information content (AvgIpc) is 3.34. The lowest BCUT2D eigenvalue weighted by Crippen LogP contribution is -2.44. The van der Waals surface area contributed by atoms with E-state index >= 15 is 0 Å². The van der Waals surface area contributed by atoms with Gasteiger partial charge in [0.25, 0.3) is 0 Å². The minimum Gasteiger partial charge on any atom is -0.383 e. The molecule has 1 atom stereocenters. The van der Waals surface area contributed by atoms with E-state index in [0.29, 0.717) is 19.0 Å². The van der Waals surface area contributed by atoms with Crippen LogP contribution >= 0.6 is 11.3 Å². The van der Waals surface area contributed by atoms with Gasteiger partial charge >= 0.3 is 0 Å². The lowest BCUT2D eigenvalue weighted by Gasteiger charge is -2.23. The van der Waals surface area contributed by atoms with E-state index in [4.69, 9.17) is 4.99 Å². The maximum Gasteiger partial charge on any atom is 0.191 e. The number of benzene rings is 1. The van der Waals surface area contributed by atoms with E-state index in [9.17, 15) is 5.11 Å². The van der Waals surface area contributed by atoms with Crippen LogP contribution in [-0.2, 0) is 12.1 Å². The van der Waals surface area contributed by atoms with Gasteiger partial charge in [-0.25, -0.2) is 9.67 Å². The van der Waals surface area contributed by atoms with E-state index in [1.807, 2.05) is 55.1 Å². The molecule has 0 saturated carbocycles. The molecule has 0 fully saturated rings. The quantitative estimate of drug-likeness (QED) is 0.411. The molecule has 0 saturated heterocycles. The van der Waals surface area contributed by atoms with Crippen LogP contribution in [0.2, 0.25) is 0 Å². The van der Waals surface area contributed by atoms with Gasteiger partial charge in [-0.15, -0.1) is 11.3 Å². The topological polar surface area (TPSA) is 74.5 Å². The Labute approximate surface area is 176 Å². The van der Waals surface area contributed by atoms with Crippen LogP contribution in [-0.4, -0.2) is 33.9 Å². The van der Waals surface area contributed by atoms with Gasteiger partial charge in [-0.05, 0) is 56.8 Å². The molecule has 2 heterocycles. The van der Waals surface area contributed by atoms with Crippen LogP contribution in [0, 0.1) is 13.8 Å². The number of hydrogen-bond donors (Lipinski definition) is 3. The van der Waals surface area contributed by atoms with Crippen molar-refractivity contribution in [2.24, 2.45) is 4.99 Å². The number of thiophene rings is 1. The molecule has 154 valence electrons. The number of hydrogen-bond acceptors (Lipinski definition) is 4. The predicted octanol–water partition coefficient (Wildman–Crippen LogP) is 3.51. The Hall–Kier alpha value is -2.64. The number of nitrogens with one attached hydrogen (secondary N) is 2. The Kier molecular flexibility index (Phi) is 6.71. The van der Waals surface area contributed by atoms with Crippen molar-refractivity contribution >= 4 is 17.3 Å². The van der Waals surface area contributed by atoms with E-state index in [1.54, 1.807) is 11.3 Å². The van der Waals surface area contributed by atoms with E-state index in [-0.39, 0.29) is 0 Å². The predicted molar refractivity (Wildman–Crippen MR) is 120 cm³/mol. The van der Waals surface area contributed by atoms with Gasteiger partial charge in [-0.1, -0.05) is 24.3 Å². The Morgan fingerprint density at radius 1 is 1.21 bits per heavy atom. The highest BCUT2D eigenvalue weighted by Gasteiger charge is 2.24. The number of para-hydroxylation sites is 1. The van der Waals surface area contributed by atoms with Gasteiger partial charge in [0.15, 0.2) is 5.96 Å². The molecular weight excluding hydrogens is 382 g/mol. The molecule has 6 nitrogen and oxygen atoms in total. The van der Waals surface area contributed by atoms with Gasteiger partial charge in [0.1, 0.15) is 5.60 Å². The number of guanidine groups is 1. The monoisotopic (exact) mass is 411 g/mol. The van der Waals surface area contributed by atoms with Crippen molar-refractivity contribution in [2.75, 3.05) is 13.1 Å². The van der Waals surface area contributed by atoms with Crippen LogP contribution < -0.4 is 10.6 Å². The summed E-state index contributed by atoms with van der Waals surface area (Å²) in [6.45, 7) is 9.51. The van der Waals surface area contributed by atoms with Crippen molar-refractivity contribution in [3.05, 3.63) is 69.7 Å². The molecule has 7 heteroatoms. The lowest BCUT2D eigenvalue weighted by atomic mass is 10.1. The van der Waals surface area contributed by atoms with E-state index in [2.05, 4.69) is 40.9 Å². The molecule has 0 radical (unpaired) electrons. The van der Waals surface area contributed by atoms with Gasteiger partial charge in [0.2, 0.25) is 0 Å². The van der Waals surface area contributed by atoms with Crippen LogP contribution in [0.25, 0.3) is 5.69 Å². The molecule has 0 spiro atoms. The third-order valence-electron chi connectivity index (χ3n) is 4.63. The highest BCUT2D eigenvalue weighted by Crippen LogP contribution is 2.24. The first kappa shape index (κ1) is 21.1. The van der Waals surface area contributed by atoms with Gasteiger partial charge in [0.05, 0.1) is 24.5 Å². The molecule has 3 rings (SSSR count). The van der Waals surface area contributed by atoms with Gasteiger partial charge in [-0.2, -0.15) is 5.10 Å². The second kappa shape index (κ2) is 9.24. The lowest BCUT2D eigenvalue weighted by molar-refractivity contribution is 0.0655. The fraction of sp³-hybridized carbons (Fsp3) is 0.364. The molecule has 29 heavy (non-hydrogen) atoms. The van der Waals surface area contributed by atoms with E-state index in [1.165, 1.54) is 0 Å². The zero-order valence-corrected chi connectivity index (χ0v) is 18.3. The molecule has 3 aromatic rings. The molecule has 0 amide bonds. The van der Waals surface area contributed by atoms with Crippen molar-refractivity contribution in [2.45, 2.75) is 39.8 Å². The number of aromatic nitrogens is 2. The van der Waals surface area contributed by atoms with Crippen molar-refractivity contribution in [1.82, 2.24) is 20.4 Å². The van der Waals surface area contributed by atoms with Crippen molar-refractivity contribution in [3.8, 4) is 5.69 Å². The normalized spacial score (nSPS) is 13.9. The second-order valence-electron chi connectivity index (χ2n) is 7.27. The molecular formula is C22H29N5OS. The number of nitrogens with zero attached hydrogens (tertiary/aromatic N) is 3. The van der Waals surface area contributed by atoms with Crippen molar-refractivity contribution in [1.29, 1.82) is 0 Å². The number of aliphatic hydroxyl groups is 1. The first-order valence-corrected chi connectivity index (χ1v) is 10.7. The van der Waals surface area contributed by atoms with Crippen LogP contribution in [0.3, 0.4) is 0 Å². The summed E-state index contributed by atoms with van der Waals surface area (Å²) < 4.78 is 1.96. The fourth-order valence-corrected chi connectivity index (χ4v) is 3.94. The van der Waals surface area contributed by atoms with Crippen LogP contribution in [0.5, 0.6) is 0 Å². The largest absolute Gasteiger partial charge is 0.383 e. The SMILES string of the molecule is CCNC(=NCc1ccccc1-n1nc(C)cc1C)NCC(C)(O)c1cccs1. The Balaban J connectivity index is 1.76. The minimum atomic E-state index is -0.952. The first-order chi connectivity index (χ1) is 13.9. The van der Waals surface area contributed by atoms with E-state index < -0.39 is 5.60 Å². The number of aliphatic imine (C=N–C) groups is 1. The molecule has 0 aliphatic heterocycles. The highest BCUT2D eigenvalue weighted by atomic mass is 32.1. The van der Waals surface area contributed by atoms with Crippen LogP contribution in [0.4, 0.5) is 0 Å². The third kappa shape index (κ3) is 5.25. The first-order valence-electron chi connectivity index (χ1n) is 9.81. The van der Waals surface area contributed by atoms with Crippen molar-refractivity contribution < 1.29 is 5.11 Å². The van der Waals surface area contributed by atoms with Gasteiger partial charge in [0, 0.05) is 17.1 Å². The Bertz CT molecular complexity index is 960. The Morgan fingerprint density at radius 3 is 2.66 bits per heavy atom. The summed E-state index contributed by atoms with van der Waals surface area (Å²) >= 11 is 1.55. The summed E-state index contributed by atoms with van der Waals surface area (Å²) in [4.78, 5) is 5.66. The summed E-state index contributed by atoms with van der Waals surface area (Å²) in [7, 11) is 0. The third-order valence-corrected chi connectivity index (χ3v) is 5.76. The standard InChI is InChI=1S/C22H29N5OS/c1-5-23-21(25-15-22(4,28)20-11-8-12-29-20)24-14-18-9-6-7-10-19(18)27-17(3)13-16(2)26-27/h6-13,28H,5,14-15H2,1-4H3,(H2,23,24,25). The molecule has 0 bridgehead atoms. The van der Waals surface area contributed by atoms with Gasteiger partial charge < -0.3 is 15.7 Å². The summed E-state index contributed by atoms with van der Waals surface area (Å²) in [6.07, 6.45) is 0. The maximum absolute atomic E-state index is 10.8. The molecule has 0 aliphatic carbocycles. The zero-order chi connectivity index (χ0) is 20.9. The molecule has 1 unspecified atom stereocenters. The van der Waals surface area contributed by atoms with Crippen LogP contribution in [0.15, 0.2) is 52.8 Å². The Morgan fingerprint density at radius 2 is 2.00 bits per heavy atom. The fourth-order valence-electron chi connectivity index (χ4n) is 3.16. The molecule has 1 aromatic carbocycles. The summed E-state index contributed by atoms with van der Waals surface area (Å²) in [6, 6.07) is 14.1. The summed E-state index contributed by atoms with van der Waals surface area (Å²) in [5.41, 5.74) is 3.25. The smallest absolute Gasteiger partial charge is 0.191 e.